The minimum Gasteiger partial charge on any atom is -0.350 e. The van der Waals surface area contributed by atoms with Crippen LogP contribution in [-0.4, -0.2) is 53.0 Å². The number of amides is 1. The molecule has 1 aliphatic heterocycles. The highest BCUT2D eigenvalue weighted by Gasteiger charge is 2.24. The molecule has 0 atom stereocenters. The summed E-state index contributed by atoms with van der Waals surface area (Å²) in [6.45, 7) is 6.23. The first kappa shape index (κ1) is 14.8. The Bertz CT molecular complexity index is 758. The van der Waals surface area contributed by atoms with E-state index in [0.29, 0.717) is 18.5 Å². The Morgan fingerprint density at radius 1 is 1.14 bits per heavy atom. The van der Waals surface area contributed by atoms with Crippen LogP contribution < -0.4 is 5.43 Å². The number of para-hydroxylation sites is 1. The van der Waals surface area contributed by atoms with E-state index in [9.17, 15) is 9.59 Å². The third-order valence-corrected chi connectivity index (χ3v) is 4.43. The van der Waals surface area contributed by atoms with Crippen LogP contribution in [0.2, 0.25) is 0 Å². The summed E-state index contributed by atoms with van der Waals surface area (Å²) in [6, 6.07) is 7.40. The quantitative estimate of drug-likeness (QED) is 0.840. The van der Waals surface area contributed by atoms with E-state index in [1.54, 1.807) is 17.2 Å². The first-order chi connectivity index (χ1) is 10.6. The predicted molar refractivity (Wildman–Crippen MR) is 87.2 cm³/mol. The lowest BCUT2D eigenvalue weighted by Gasteiger charge is -2.34. The van der Waals surface area contributed by atoms with Gasteiger partial charge in [-0.3, -0.25) is 9.59 Å². The highest BCUT2D eigenvalue weighted by molar-refractivity contribution is 5.97. The fourth-order valence-corrected chi connectivity index (χ4v) is 3.03. The molecule has 1 fully saturated rings. The van der Waals surface area contributed by atoms with Gasteiger partial charge in [-0.25, -0.2) is 0 Å². The Balaban J connectivity index is 1.95. The molecule has 1 saturated heterocycles. The molecule has 0 radical (unpaired) electrons. The number of nitrogens with zero attached hydrogens (tertiary/aromatic N) is 3. The third-order valence-electron chi connectivity index (χ3n) is 4.43. The second kappa shape index (κ2) is 5.93. The molecule has 5 heteroatoms. The van der Waals surface area contributed by atoms with Crippen molar-refractivity contribution >= 4 is 16.8 Å². The normalized spacial score (nSPS) is 16.2. The number of likely N-dealkylation sites (N-methyl/N-ethyl adjacent to an activating group) is 1. The van der Waals surface area contributed by atoms with E-state index in [1.165, 1.54) is 0 Å². The minimum atomic E-state index is -0.170. The van der Waals surface area contributed by atoms with E-state index in [1.807, 2.05) is 29.8 Å². The molecule has 1 aliphatic rings. The number of aryl methyl sites for hydroxylation is 1. The molecule has 0 aliphatic carbocycles. The van der Waals surface area contributed by atoms with Crippen molar-refractivity contribution in [3.8, 4) is 0 Å². The maximum Gasteiger partial charge on any atom is 0.259 e. The Labute approximate surface area is 129 Å². The van der Waals surface area contributed by atoms with Crippen LogP contribution in [0.25, 0.3) is 10.9 Å². The van der Waals surface area contributed by atoms with Crippen LogP contribution in [0.4, 0.5) is 0 Å². The van der Waals surface area contributed by atoms with Crippen LogP contribution in [0.1, 0.15) is 17.3 Å². The van der Waals surface area contributed by atoms with E-state index in [-0.39, 0.29) is 16.9 Å². The molecule has 1 aromatic carbocycles. The fourth-order valence-electron chi connectivity index (χ4n) is 3.03. The topological polar surface area (TPSA) is 45.5 Å². The highest BCUT2D eigenvalue weighted by Crippen LogP contribution is 2.12. The first-order valence-corrected chi connectivity index (χ1v) is 7.72. The van der Waals surface area contributed by atoms with Gasteiger partial charge < -0.3 is 14.4 Å². The lowest BCUT2D eigenvalue weighted by atomic mass is 10.1. The molecule has 2 aromatic rings. The van der Waals surface area contributed by atoms with Crippen molar-refractivity contribution in [2.75, 3.05) is 32.7 Å². The number of aromatic nitrogens is 1. The van der Waals surface area contributed by atoms with Gasteiger partial charge in [0, 0.05) is 44.8 Å². The van der Waals surface area contributed by atoms with Gasteiger partial charge in [-0.2, -0.15) is 0 Å². The van der Waals surface area contributed by atoms with Gasteiger partial charge >= 0.3 is 0 Å². The summed E-state index contributed by atoms with van der Waals surface area (Å²) in [6.07, 6.45) is 1.67. The SMILES string of the molecule is CCN1CCN(C(=O)c2cn(C)c3ccccc3c2=O)CC1. The lowest BCUT2D eigenvalue weighted by molar-refractivity contribution is 0.0641. The first-order valence-electron chi connectivity index (χ1n) is 7.72. The van der Waals surface area contributed by atoms with Crippen LogP contribution >= 0.6 is 0 Å². The Hall–Kier alpha value is -2.14. The predicted octanol–water partition coefficient (Wildman–Crippen LogP) is 1.32. The Morgan fingerprint density at radius 2 is 1.82 bits per heavy atom. The Kier molecular flexibility index (Phi) is 3.98. The van der Waals surface area contributed by atoms with E-state index in [0.717, 1.165) is 25.2 Å². The van der Waals surface area contributed by atoms with E-state index in [4.69, 9.17) is 0 Å². The number of benzene rings is 1. The standard InChI is InChI=1S/C17H21N3O2/c1-3-19-8-10-20(11-9-19)17(22)14-12-18(2)15-7-5-4-6-13(15)16(14)21/h4-7,12H,3,8-11H2,1-2H3. The number of fused-ring (bicyclic) bond motifs is 1. The second-order valence-electron chi connectivity index (χ2n) is 5.73. The molecule has 0 unspecified atom stereocenters. The van der Waals surface area contributed by atoms with Crippen LogP contribution in [0.5, 0.6) is 0 Å². The van der Waals surface area contributed by atoms with E-state index in [2.05, 4.69) is 11.8 Å². The summed E-state index contributed by atoms with van der Waals surface area (Å²) in [5.41, 5.74) is 0.947. The van der Waals surface area contributed by atoms with Crippen molar-refractivity contribution in [2.45, 2.75) is 6.92 Å². The second-order valence-corrected chi connectivity index (χ2v) is 5.73. The van der Waals surface area contributed by atoms with Gasteiger partial charge in [0.05, 0.1) is 5.52 Å². The molecule has 0 spiro atoms. The van der Waals surface area contributed by atoms with Crippen molar-refractivity contribution in [1.82, 2.24) is 14.4 Å². The molecule has 1 amide bonds. The molecular weight excluding hydrogens is 278 g/mol. The number of pyridine rings is 1. The van der Waals surface area contributed by atoms with Crippen molar-refractivity contribution in [3.05, 3.63) is 46.2 Å². The molecule has 1 aromatic heterocycles. The number of piperazine rings is 1. The molecule has 0 bridgehead atoms. The molecule has 116 valence electrons. The number of carbonyl (C=O) groups is 1. The van der Waals surface area contributed by atoms with Crippen molar-refractivity contribution in [3.63, 3.8) is 0 Å². The maximum atomic E-state index is 12.7. The molecule has 5 nitrogen and oxygen atoms in total. The van der Waals surface area contributed by atoms with Gasteiger partial charge in [0.15, 0.2) is 0 Å². The number of rotatable bonds is 2. The average Bonchev–Trinajstić information content (AvgIpc) is 2.57. The zero-order chi connectivity index (χ0) is 15.7. The molecule has 0 N–H and O–H groups in total. The van der Waals surface area contributed by atoms with E-state index >= 15 is 0 Å². The zero-order valence-corrected chi connectivity index (χ0v) is 13.1. The van der Waals surface area contributed by atoms with Gasteiger partial charge in [0.1, 0.15) is 5.56 Å². The van der Waals surface area contributed by atoms with Gasteiger partial charge in [-0.1, -0.05) is 19.1 Å². The smallest absolute Gasteiger partial charge is 0.259 e. The number of hydrogen-bond donors (Lipinski definition) is 0. The molecular formula is C17H21N3O2. The zero-order valence-electron chi connectivity index (χ0n) is 13.1. The fraction of sp³-hybridized carbons (Fsp3) is 0.412. The molecule has 22 heavy (non-hydrogen) atoms. The maximum absolute atomic E-state index is 12.7. The van der Waals surface area contributed by atoms with Crippen LogP contribution in [0, 0.1) is 0 Å². The Morgan fingerprint density at radius 3 is 2.50 bits per heavy atom. The van der Waals surface area contributed by atoms with E-state index < -0.39 is 0 Å². The van der Waals surface area contributed by atoms with Crippen LogP contribution in [0.15, 0.2) is 35.3 Å². The minimum absolute atomic E-state index is 0.151. The lowest BCUT2D eigenvalue weighted by Crippen LogP contribution is -2.49. The van der Waals surface area contributed by atoms with Gasteiger partial charge in [0.25, 0.3) is 5.91 Å². The molecule has 3 rings (SSSR count). The summed E-state index contributed by atoms with van der Waals surface area (Å²) < 4.78 is 1.85. The monoisotopic (exact) mass is 299 g/mol. The van der Waals surface area contributed by atoms with Crippen molar-refractivity contribution in [2.24, 2.45) is 7.05 Å². The largest absolute Gasteiger partial charge is 0.350 e. The summed E-state index contributed by atoms with van der Waals surface area (Å²) in [5.74, 6) is -0.151. The van der Waals surface area contributed by atoms with Crippen molar-refractivity contribution < 1.29 is 4.79 Å². The summed E-state index contributed by atoms with van der Waals surface area (Å²) in [4.78, 5) is 29.4. The van der Waals surface area contributed by atoms with Gasteiger partial charge in [-0.15, -0.1) is 0 Å². The third kappa shape index (κ3) is 2.52. The average molecular weight is 299 g/mol. The highest BCUT2D eigenvalue weighted by atomic mass is 16.2. The van der Waals surface area contributed by atoms with Crippen molar-refractivity contribution in [1.29, 1.82) is 0 Å². The summed E-state index contributed by atoms with van der Waals surface area (Å²) >= 11 is 0. The molecule has 2 heterocycles. The summed E-state index contributed by atoms with van der Waals surface area (Å²) in [5, 5.41) is 0.600. The number of hydrogen-bond acceptors (Lipinski definition) is 3. The van der Waals surface area contributed by atoms with Crippen LogP contribution in [0.3, 0.4) is 0 Å². The van der Waals surface area contributed by atoms with Gasteiger partial charge in [0.2, 0.25) is 5.43 Å². The molecule has 0 saturated carbocycles. The van der Waals surface area contributed by atoms with Crippen LogP contribution in [-0.2, 0) is 7.05 Å². The van der Waals surface area contributed by atoms with Gasteiger partial charge in [-0.05, 0) is 18.7 Å². The summed E-state index contributed by atoms with van der Waals surface area (Å²) in [7, 11) is 1.87. The number of carbonyl (C=O) groups excluding carboxylic acids is 1.